The molecule has 1 aromatic carbocycles. The fraction of sp³-hybridized carbons (Fsp3) is 0.500. The number of nitrogens with zero attached hydrogens (tertiary/aromatic N) is 2. The molecule has 0 heterocycles. The van der Waals surface area contributed by atoms with Crippen molar-refractivity contribution < 1.29 is 19.2 Å². The van der Waals surface area contributed by atoms with Crippen LogP contribution < -0.4 is 0 Å². The summed E-state index contributed by atoms with van der Waals surface area (Å²) in [6.45, 7) is 7.88. The molecule has 0 aliphatic heterocycles. The number of carbonyl (C=O) groups excluding carboxylic acids is 2. The molecule has 1 rings (SSSR count). The normalized spacial score (nSPS) is 12.4. The minimum Gasteiger partial charge on any atom is -0.465 e. The lowest BCUT2D eigenvalue weighted by Gasteiger charge is -2.35. The average Bonchev–Trinajstić information content (AvgIpc) is 2.50. The van der Waals surface area contributed by atoms with E-state index in [-0.39, 0.29) is 34.2 Å². The molecule has 0 aliphatic rings. The van der Waals surface area contributed by atoms with Gasteiger partial charge in [-0.05, 0) is 18.4 Å². The maximum absolute atomic E-state index is 12.6. The van der Waals surface area contributed by atoms with E-state index < -0.39 is 10.9 Å². The summed E-state index contributed by atoms with van der Waals surface area (Å²) < 4.78 is 4.58. The van der Waals surface area contributed by atoms with Gasteiger partial charge in [-0.1, -0.05) is 20.8 Å². The summed E-state index contributed by atoms with van der Waals surface area (Å²) in [6.07, 6.45) is 0. The number of esters is 1. The Bertz CT molecular complexity index is 634. The number of ether oxygens (including phenoxy) is 1. The Hall–Kier alpha value is -2.44. The second-order valence-electron chi connectivity index (χ2n) is 6.48. The van der Waals surface area contributed by atoms with E-state index >= 15 is 0 Å². The van der Waals surface area contributed by atoms with Crippen LogP contribution in [0.3, 0.4) is 0 Å². The van der Waals surface area contributed by atoms with Crippen LogP contribution in [0.5, 0.6) is 0 Å². The van der Waals surface area contributed by atoms with Gasteiger partial charge in [0.1, 0.15) is 0 Å². The zero-order chi connectivity index (χ0) is 17.9. The maximum atomic E-state index is 12.6. The lowest BCUT2D eigenvalue weighted by Crippen LogP contribution is -2.43. The van der Waals surface area contributed by atoms with Gasteiger partial charge in [-0.25, -0.2) is 4.79 Å². The average molecular weight is 322 g/mol. The van der Waals surface area contributed by atoms with E-state index in [4.69, 9.17) is 0 Å². The van der Waals surface area contributed by atoms with E-state index in [1.807, 2.05) is 27.7 Å². The van der Waals surface area contributed by atoms with E-state index in [1.165, 1.54) is 24.1 Å². The Balaban J connectivity index is 3.30. The van der Waals surface area contributed by atoms with Crippen LogP contribution in [0.2, 0.25) is 0 Å². The number of nitro groups is 1. The SMILES string of the molecule is COC(=O)c1cc(C(=O)N(C)C(C)C(C)(C)C)cc([N+](=O)[O-])c1. The van der Waals surface area contributed by atoms with Gasteiger partial charge in [0.25, 0.3) is 11.6 Å². The van der Waals surface area contributed by atoms with Crippen LogP contribution in [0.15, 0.2) is 18.2 Å². The molecule has 0 aromatic heterocycles. The first-order chi connectivity index (χ1) is 10.5. The number of rotatable bonds is 4. The van der Waals surface area contributed by atoms with Crippen LogP contribution in [-0.2, 0) is 4.74 Å². The molecule has 0 radical (unpaired) electrons. The highest BCUT2D eigenvalue weighted by Gasteiger charge is 2.29. The fourth-order valence-corrected chi connectivity index (χ4v) is 2.04. The van der Waals surface area contributed by atoms with Gasteiger partial charge < -0.3 is 9.64 Å². The number of hydrogen-bond donors (Lipinski definition) is 0. The number of benzene rings is 1. The fourth-order valence-electron chi connectivity index (χ4n) is 2.04. The summed E-state index contributed by atoms with van der Waals surface area (Å²) in [4.78, 5) is 36.2. The van der Waals surface area contributed by atoms with Gasteiger partial charge in [0.2, 0.25) is 0 Å². The summed E-state index contributed by atoms with van der Waals surface area (Å²) in [5, 5.41) is 11.0. The van der Waals surface area contributed by atoms with Crippen LogP contribution in [0.25, 0.3) is 0 Å². The van der Waals surface area contributed by atoms with Gasteiger partial charge >= 0.3 is 5.97 Å². The number of carbonyl (C=O) groups is 2. The Morgan fingerprint density at radius 2 is 1.74 bits per heavy atom. The van der Waals surface area contributed by atoms with Crippen molar-refractivity contribution in [1.29, 1.82) is 0 Å². The lowest BCUT2D eigenvalue weighted by atomic mass is 9.87. The van der Waals surface area contributed by atoms with Gasteiger partial charge in [-0.15, -0.1) is 0 Å². The van der Waals surface area contributed by atoms with Crippen molar-refractivity contribution in [2.75, 3.05) is 14.2 Å². The second kappa shape index (κ2) is 6.76. The van der Waals surface area contributed by atoms with Crippen LogP contribution >= 0.6 is 0 Å². The summed E-state index contributed by atoms with van der Waals surface area (Å²) in [5.41, 5.74) is -0.427. The Labute approximate surface area is 135 Å². The van der Waals surface area contributed by atoms with Crippen molar-refractivity contribution in [3.8, 4) is 0 Å². The molecular weight excluding hydrogens is 300 g/mol. The Morgan fingerprint density at radius 1 is 1.22 bits per heavy atom. The van der Waals surface area contributed by atoms with Crippen LogP contribution in [0.1, 0.15) is 48.4 Å². The minimum absolute atomic E-state index is 0.0261. The Kier molecular flexibility index (Phi) is 5.47. The van der Waals surface area contributed by atoms with Crippen molar-refractivity contribution in [3.05, 3.63) is 39.4 Å². The van der Waals surface area contributed by atoms with Crippen molar-refractivity contribution in [1.82, 2.24) is 4.90 Å². The molecule has 1 unspecified atom stereocenters. The molecule has 126 valence electrons. The van der Waals surface area contributed by atoms with Gasteiger partial charge in [0, 0.05) is 30.8 Å². The number of methoxy groups -OCH3 is 1. The highest BCUT2D eigenvalue weighted by atomic mass is 16.6. The van der Waals surface area contributed by atoms with Crippen molar-refractivity contribution in [2.24, 2.45) is 5.41 Å². The predicted molar refractivity (Wildman–Crippen MR) is 85.4 cm³/mol. The molecule has 23 heavy (non-hydrogen) atoms. The monoisotopic (exact) mass is 322 g/mol. The zero-order valence-corrected chi connectivity index (χ0v) is 14.2. The maximum Gasteiger partial charge on any atom is 0.338 e. The van der Waals surface area contributed by atoms with E-state index in [0.29, 0.717) is 0 Å². The highest BCUT2D eigenvalue weighted by molar-refractivity contribution is 5.99. The molecule has 0 spiro atoms. The third-order valence-corrected chi connectivity index (χ3v) is 3.95. The standard InChI is InChI=1S/C16H22N2O5/c1-10(16(2,3)4)17(5)14(19)11-7-12(15(20)23-6)9-13(8-11)18(21)22/h7-10H,1-6H3. The first-order valence-electron chi connectivity index (χ1n) is 7.14. The smallest absolute Gasteiger partial charge is 0.338 e. The molecule has 0 aliphatic carbocycles. The first-order valence-corrected chi connectivity index (χ1v) is 7.14. The summed E-state index contributed by atoms with van der Waals surface area (Å²) in [6, 6.07) is 3.47. The molecule has 0 saturated carbocycles. The molecule has 1 aromatic rings. The Morgan fingerprint density at radius 3 is 2.17 bits per heavy atom. The summed E-state index contributed by atoms with van der Waals surface area (Å²) >= 11 is 0. The van der Waals surface area contributed by atoms with Crippen LogP contribution in [0, 0.1) is 15.5 Å². The largest absolute Gasteiger partial charge is 0.465 e. The summed E-state index contributed by atoms with van der Waals surface area (Å²) in [5.74, 6) is -1.12. The van der Waals surface area contributed by atoms with Gasteiger partial charge in [0.05, 0.1) is 17.6 Å². The minimum atomic E-state index is -0.728. The third kappa shape index (κ3) is 4.28. The predicted octanol–water partition coefficient (Wildman–Crippen LogP) is 2.89. The van der Waals surface area contributed by atoms with Crippen molar-refractivity contribution in [2.45, 2.75) is 33.7 Å². The van der Waals surface area contributed by atoms with E-state index in [1.54, 1.807) is 7.05 Å². The van der Waals surface area contributed by atoms with Crippen LogP contribution in [0.4, 0.5) is 5.69 Å². The van der Waals surface area contributed by atoms with Crippen molar-refractivity contribution in [3.63, 3.8) is 0 Å². The van der Waals surface area contributed by atoms with E-state index in [9.17, 15) is 19.7 Å². The van der Waals surface area contributed by atoms with E-state index in [0.717, 1.165) is 6.07 Å². The molecule has 0 N–H and O–H groups in total. The summed E-state index contributed by atoms with van der Waals surface area (Å²) in [7, 11) is 2.81. The topological polar surface area (TPSA) is 89.8 Å². The van der Waals surface area contributed by atoms with Crippen molar-refractivity contribution >= 4 is 17.6 Å². The second-order valence-corrected chi connectivity index (χ2v) is 6.48. The first kappa shape index (κ1) is 18.6. The van der Waals surface area contributed by atoms with Gasteiger partial charge in [-0.2, -0.15) is 0 Å². The molecule has 0 bridgehead atoms. The van der Waals surface area contributed by atoms with Crippen LogP contribution in [-0.4, -0.2) is 41.9 Å². The quantitative estimate of drug-likeness (QED) is 0.483. The number of nitro benzene ring substituents is 1. The molecule has 0 saturated heterocycles. The molecule has 1 amide bonds. The van der Waals surface area contributed by atoms with Gasteiger partial charge in [0.15, 0.2) is 0 Å². The molecule has 7 heteroatoms. The number of hydrogen-bond acceptors (Lipinski definition) is 5. The molecular formula is C16H22N2O5. The molecule has 7 nitrogen and oxygen atoms in total. The third-order valence-electron chi connectivity index (χ3n) is 3.95. The number of amides is 1. The molecule has 0 fully saturated rings. The molecule has 1 atom stereocenters. The highest BCUT2D eigenvalue weighted by Crippen LogP contribution is 2.25. The number of non-ortho nitro benzene ring substituents is 1. The van der Waals surface area contributed by atoms with E-state index in [2.05, 4.69) is 4.74 Å². The lowest BCUT2D eigenvalue weighted by molar-refractivity contribution is -0.384. The zero-order valence-electron chi connectivity index (χ0n) is 14.2. The van der Waals surface area contributed by atoms with Gasteiger partial charge in [-0.3, -0.25) is 14.9 Å².